The lowest BCUT2D eigenvalue weighted by Crippen LogP contribution is -2.46. The second-order valence-corrected chi connectivity index (χ2v) is 5.42. The normalized spacial score (nSPS) is 17.7. The lowest BCUT2D eigenvalue weighted by Gasteiger charge is -2.27. The smallest absolute Gasteiger partial charge is 0.261 e. The van der Waals surface area contributed by atoms with Crippen molar-refractivity contribution in [1.29, 1.82) is 0 Å². The topological polar surface area (TPSA) is 52.3 Å². The zero-order valence-corrected chi connectivity index (χ0v) is 11.5. The van der Waals surface area contributed by atoms with E-state index in [0.29, 0.717) is 18.6 Å². The van der Waals surface area contributed by atoms with Gasteiger partial charge in [-0.2, -0.15) is 0 Å². The summed E-state index contributed by atoms with van der Waals surface area (Å²) in [5.74, 6) is 0.306. The lowest BCUT2D eigenvalue weighted by molar-refractivity contribution is -0.132. The molecule has 0 heterocycles. The minimum Gasteiger partial charge on any atom is -0.477 e. The number of benzene rings is 1. The first-order valence-electron chi connectivity index (χ1n) is 6.20. The van der Waals surface area contributed by atoms with E-state index < -0.39 is 5.60 Å². The van der Waals surface area contributed by atoms with Crippen LogP contribution in [0, 0.1) is 13.8 Å². The number of primary amides is 1. The van der Waals surface area contributed by atoms with Gasteiger partial charge in [-0.25, -0.2) is 0 Å². The summed E-state index contributed by atoms with van der Waals surface area (Å²) >= 11 is 6.12. The summed E-state index contributed by atoms with van der Waals surface area (Å²) in [7, 11) is 0. The maximum Gasteiger partial charge on any atom is 0.261 e. The molecule has 0 spiro atoms. The van der Waals surface area contributed by atoms with E-state index in [9.17, 15) is 4.79 Å². The highest BCUT2D eigenvalue weighted by atomic mass is 35.5. The largest absolute Gasteiger partial charge is 0.477 e. The Morgan fingerprint density at radius 1 is 1.28 bits per heavy atom. The van der Waals surface area contributed by atoms with Crippen LogP contribution in [0.4, 0.5) is 0 Å². The second kappa shape index (κ2) is 4.81. The van der Waals surface area contributed by atoms with Crippen LogP contribution in [0.3, 0.4) is 0 Å². The molecule has 18 heavy (non-hydrogen) atoms. The average molecular weight is 268 g/mol. The van der Waals surface area contributed by atoms with Gasteiger partial charge in [-0.1, -0.05) is 11.6 Å². The Hall–Kier alpha value is -1.22. The molecule has 1 aliphatic carbocycles. The molecule has 1 amide bonds. The SMILES string of the molecule is Cc1cc(OC2(C(N)=O)CCCC2)cc(C)c1Cl. The van der Waals surface area contributed by atoms with E-state index in [-0.39, 0.29) is 5.91 Å². The number of rotatable bonds is 3. The first kappa shape index (κ1) is 13.2. The van der Waals surface area contributed by atoms with E-state index in [2.05, 4.69) is 0 Å². The zero-order chi connectivity index (χ0) is 13.3. The number of hydrogen-bond acceptors (Lipinski definition) is 2. The van der Waals surface area contributed by atoms with Gasteiger partial charge in [0.1, 0.15) is 5.75 Å². The quantitative estimate of drug-likeness (QED) is 0.915. The Bertz CT molecular complexity index is 456. The van der Waals surface area contributed by atoms with E-state index in [1.807, 2.05) is 26.0 Å². The fourth-order valence-corrected chi connectivity index (χ4v) is 2.64. The molecule has 0 aliphatic heterocycles. The predicted octanol–water partition coefficient (Wildman–Crippen LogP) is 3.13. The summed E-state index contributed by atoms with van der Waals surface area (Å²) in [6, 6.07) is 3.72. The Labute approximate surface area is 112 Å². The summed E-state index contributed by atoms with van der Waals surface area (Å²) in [6.45, 7) is 3.85. The standard InChI is InChI=1S/C14H18ClNO2/c1-9-7-11(8-10(2)12(9)15)18-14(13(16)17)5-3-4-6-14/h7-8H,3-6H2,1-2H3,(H2,16,17). The summed E-state index contributed by atoms with van der Waals surface area (Å²) < 4.78 is 5.91. The zero-order valence-electron chi connectivity index (χ0n) is 10.8. The highest BCUT2D eigenvalue weighted by Crippen LogP contribution is 2.36. The third kappa shape index (κ3) is 2.32. The van der Waals surface area contributed by atoms with Gasteiger partial charge in [0.05, 0.1) is 0 Å². The molecule has 0 unspecified atom stereocenters. The molecule has 0 atom stereocenters. The summed E-state index contributed by atoms with van der Waals surface area (Å²) in [5.41, 5.74) is 6.57. The van der Waals surface area contributed by atoms with Crippen LogP contribution in [0.1, 0.15) is 36.8 Å². The van der Waals surface area contributed by atoms with Crippen molar-refractivity contribution in [3.8, 4) is 5.75 Å². The maximum atomic E-state index is 11.6. The fourth-order valence-electron chi connectivity index (χ4n) is 2.54. The van der Waals surface area contributed by atoms with E-state index in [0.717, 1.165) is 29.0 Å². The van der Waals surface area contributed by atoms with Crippen LogP contribution in [-0.2, 0) is 4.79 Å². The number of halogens is 1. The van der Waals surface area contributed by atoms with Crippen molar-refractivity contribution < 1.29 is 9.53 Å². The van der Waals surface area contributed by atoms with Gasteiger partial charge >= 0.3 is 0 Å². The minimum absolute atomic E-state index is 0.370. The third-order valence-electron chi connectivity index (χ3n) is 3.58. The first-order chi connectivity index (χ1) is 8.44. The Kier molecular flexibility index (Phi) is 3.53. The number of ether oxygens (including phenoxy) is 1. The molecule has 1 aromatic carbocycles. The Balaban J connectivity index is 2.30. The van der Waals surface area contributed by atoms with Crippen molar-refractivity contribution in [1.82, 2.24) is 0 Å². The van der Waals surface area contributed by atoms with Crippen LogP contribution in [0.15, 0.2) is 12.1 Å². The molecule has 2 rings (SSSR count). The van der Waals surface area contributed by atoms with E-state index >= 15 is 0 Å². The molecule has 1 aliphatic rings. The van der Waals surface area contributed by atoms with Crippen LogP contribution in [0.5, 0.6) is 5.75 Å². The van der Waals surface area contributed by atoms with Crippen molar-refractivity contribution in [2.24, 2.45) is 5.73 Å². The van der Waals surface area contributed by atoms with Crippen LogP contribution >= 0.6 is 11.6 Å². The fraction of sp³-hybridized carbons (Fsp3) is 0.500. The number of carbonyl (C=O) groups excluding carboxylic acids is 1. The predicted molar refractivity (Wildman–Crippen MR) is 71.9 cm³/mol. The van der Waals surface area contributed by atoms with Gasteiger partial charge in [-0.3, -0.25) is 4.79 Å². The first-order valence-corrected chi connectivity index (χ1v) is 6.58. The molecule has 3 nitrogen and oxygen atoms in total. The maximum absolute atomic E-state index is 11.6. The number of aryl methyl sites for hydroxylation is 2. The number of nitrogens with two attached hydrogens (primary N) is 1. The molecular weight excluding hydrogens is 250 g/mol. The average Bonchev–Trinajstić information content (AvgIpc) is 2.75. The molecule has 0 bridgehead atoms. The van der Waals surface area contributed by atoms with Gasteiger partial charge < -0.3 is 10.5 Å². The molecule has 0 radical (unpaired) electrons. The van der Waals surface area contributed by atoms with Gasteiger partial charge in [-0.15, -0.1) is 0 Å². The van der Waals surface area contributed by atoms with E-state index in [1.165, 1.54) is 0 Å². The van der Waals surface area contributed by atoms with E-state index in [4.69, 9.17) is 22.1 Å². The lowest BCUT2D eigenvalue weighted by atomic mass is 10.0. The molecule has 1 aromatic rings. The highest BCUT2D eigenvalue weighted by molar-refractivity contribution is 6.32. The molecule has 4 heteroatoms. The molecule has 2 N–H and O–H groups in total. The number of amides is 1. The van der Waals surface area contributed by atoms with Crippen LogP contribution in [0.2, 0.25) is 5.02 Å². The van der Waals surface area contributed by atoms with Crippen molar-refractivity contribution in [2.75, 3.05) is 0 Å². The van der Waals surface area contributed by atoms with Crippen molar-refractivity contribution in [2.45, 2.75) is 45.1 Å². The van der Waals surface area contributed by atoms with Crippen LogP contribution in [-0.4, -0.2) is 11.5 Å². The van der Waals surface area contributed by atoms with Crippen molar-refractivity contribution in [3.05, 3.63) is 28.3 Å². The van der Waals surface area contributed by atoms with Gasteiger partial charge in [0.15, 0.2) is 5.60 Å². The van der Waals surface area contributed by atoms with Crippen molar-refractivity contribution >= 4 is 17.5 Å². The molecule has 1 saturated carbocycles. The molecule has 0 saturated heterocycles. The van der Waals surface area contributed by atoms with Crippen molar-refractivity contribution in [3.63, 3.8) is 0 Å². The highest BCUT2D eigenvalue weighted by Gasteiger charge is 2.42. The van der Waals surface area contributed by atoms with Crippen LogP contribution < -0.4 is 10.5 Å². The Morgan fingerprint density at radius 2 is 1.78 bits per heavy atom. The number of carbonyl (C=O) groups is 1. The van der Waals surface area contributed by atoms with Crippen LogP contribution in [0.25, 0.3) is 0 Å². The van der Waals surface area contributed by atoms with E-state index in [1.54, 1.807) is 0 Å². The second-order valence-electron chi connectivity index (χ2n) is 5.04. The van der Waals surface area contributed by atoms with Gasteiger partial charge in [-0.05, 0) is 62.8 Å². The number of hydrogen-bond donors (Lipinski definition) is 1. The summed E-state index contributed by atoms with van der Waals surface area (Å²) in [6.07, 6.45) is 3.36. The molecular formula is C14H18ClNO2. The Morgan fingerprint density at radius 3 is 2.22 bits per heavy atom. The van der Waals surface area contributed by atoms with Gasteiger partial charge in [0, 0.05) is 5.02 Å². The minimum atomic E-state index is -0.827. The third-order valence-corrected chi connectivity index (χ3v) is 4.18. The molecule has 0 aromatic heterocycles. The monoisotopic (exact) mass is 267 g/mol. The summed E-state index contributed by atoms with van der Waals surface area (Å²) in [5, 5.41) is 0.738. The summed E-state index contributed by atoms with van der Waals surface area (Å²) in [4.78, 5) is 11.6. The molecule has 98 valence electrons. The molecule has 1 fully saturated rings. The van der Waals surface area contributed by atoms with Gasteiger partial charge in [0.2, 0.25) is 0 Å². The van der Waals surface area contributed by atoms with Gasteiger partial charge in [0.25, 0.3) is 5.91 Å².